The molecule has 0 fully saturated rings. The molecule has 1 aromatic carbocycles. The lowest BCUT2D eigenvalue weighted by Gasteiger charge is -2.11. The van der Waals surface area contributed by atoms with Crippen LogP contribution in [0.4, 0.5) is 17.3 Å². The van der Waals surface area contributed by atoms with Crippen molar-refractivity contribution in [2.24, 2.45) is 0 Å². The molecule has 0 aliphatic carbocycles. The molecule has 1 aromatic heterocycles. The minimum atomic E-state index is 0.663. The lowest BCUT2D eigenvalue weighted by atomic mass is 10.3. The molecule has 0 unspecified atom stereocenters. The molecular weight excluding hydrogens is 320 g/mol. The average Bonchev–Trinajstić information content (AvgIpc) is 2.46. The van der Waals surface area contributed by atoms with Crippen LogP contribution in [0.2, 0.25) is 0 Å². The largest absolute Gasteiger partial charge is 0.494 e. The first kappa shape index (κ1) is 14.6. The molecule has 0 bridgehead atoms. The third-order valence-corrected chi connectivity index (χ3v) is 3.31. The van der Waals surface area contributed by atoms with E-state index in [1.807, 2.05) is 38.1 Å². The standard InChI is InChI=1S/C14H17BrN4O/c1-3-16-13-12(15)14(18-9-17-13)19-10-5-7-11(8-6-10)20-4-2/h5-9H,3-4H2,1-2H3,(H2,16,17,18,19). The Morgan fingerprint density at radius 2 is 1.80 bits per heavy atom. The van der Waals surface area contributed by atoms with Gasteiger partial charge in [0.25, 0.3) is 0 Å². The summed E-state index contributed by atoms with van der Waals surface area (Å²) in [6.07, 6.45) is 1.53. The Balaban J connectivity index is 2.15. The number of hydrogen-bond donors (Lipinski definition) is 2. The first-order valence-corrected chi connectivity index (χ1v) is 7.28. The second kappa shape index (κ2) is 7.09. The van der Waals surface area contributed by atoms with E-state index in [0.29, 0.717) is 6.61 Å². The van der Waals surface area contributed by atoms with E-state index in [9.17, 15) is 0 Å². The zero-order chi connectivity index (χ0) is 14.4. The minimum absolute atomic E-state index is 0.663. The first-order chi connectivity index (χ1) is 9.74. The number of halogens is 1. The van der Waals surface area contributed by atoms with E-state index in [1.54, 1.807) is 0 Å². The molecule has 0 spiro atoms. The second-order valence-electron chi connectivity index (χ2n) is 4.00. The van der Waals surface area contributed by atoms with Gasteiger partial charge >= 0.3 is 0 Å². The van der Waals surface area contributed by atoms with Gasteiger partial charge in [0.2, 0.25) is 0 Å². The van der Waals surface area contributed by atoms with Gasteiger partial charge in [0.05, 0.1) is 6.61 Å². The van der Waals surface area contributed by atoms with Crippen molar-refractivity contribution in [3.05, 3.63) is 35.1 Å². The van der Waals surface area contributed by atoms with E-state index < -0.39 is 0 Å². The van der Waals surface area contributed by atoms with Crippen molar-refractivity contribution in [2.45, 2.75) is 13.8 Å². The van der Waals surface area contributed by atoms with Gasteiger partial charge in [0.1, 0.15) is 28.2 Å². The van der Waals surface area contributed by atoms with E-state index >= 15 is 0 Å². The van der Waals surface area contributed by atoms with Crippen LogP contribution in [0.25, 0.3) is 0 Å². The van der Waals surface area contributed by atoms with Crippen molar-refractivity contribution in [1.29, 1.82) is 0 Å². The van der Waals surface area contributed by atoms with Crippen molar-refractivity contribution in [3.63, 3.8) is 0 Å². The number of hydrogen-bond acceptors (Lipinski definition) is 5. The number of aromatic nitrogens is 2. The van der Waals surface area contributed by atoms with Gasteiger partial charge in [-0.05, 0) is 54.0 Å². The molecule has 2 aromatic rings. The van der Waals surface area contributed by atoms with E-state index in [2.05, 4.69) is 36.5 Å². The van der Waals surface area contributed by atoms with Gasteiger partial charge in [-0.2, -0.15) is 0 Å². The fourth-order valence-corrected chi connectivity index (χ4v) is 2.13. The Kier molecular flexibility index (Phi) is 5.17. The number of rotatable bonds is 6. The van der Waals surface area contributed by atoms with Crippen molar-refractivity contribution in [1.82, 2.24) is 9.97 Å². The van der Waals surface area contributed by atoms with Gasteiger partial charge in [-0.1, -0.05) is 0 Å². The molecule has 5 nitrogen and oxygen atoms in total. The first-order valence-electron chi connectivity index (χ1n) is 6.48. The van der Waals surface area contributed by atoms with Crippen LogP contribution in [0.15, 0.2) is 35.1 Å². The molecule has 6 heteroatoms. The van der Waals surface area contributed by atoms with Crippen LogP contribution >= 0.6 is 15.9 Å². The van der Waals surface area contributed by atoms with Crippen molar-refractivity contribution < 1.29 is 4.74 Å². The molecule has 2 rings (SSSR count). The Morgan fingerprint density at radius 1 is 1.10 bits per heavy atom. The maximum absolute atomic E-state index is 5.41. The SMILES string of the molecule is CCNc1ncnc(Nc2ccc(OCC)cc2)c1Br. The summed E-state index contributed by atoms with van der Waals surface area (Å²) in [5.41, 5.74) is 0.940. The number of benzene rings is 1. The highest BCUT2D eigenvalue weighted by Gasteiger charge is 2.08. The van der Waals surface area contributed by atoms with Crippen molar-refractivity contribution >= 4 is 33.3 Å². The number of anilines is 3. The van der Waals surface area contributed by atoms with E-state index in [-0.39, 0.29) is 0 Å². The summed E-state index contributed by atoms with van der Waals surface area (Å²) >= 11 is 3.50. The lowest BCUT2D eigenvalue weighted by Crippen LogP contribution is -2.03. The Bertz CT molecular complexity index is 560. The van der Waals surface area contributed by atoms with E-state index in [1.165, 1.54) is 6.33 Å². The van der Waals surface area contributed by atoms with Crippen LogP contribution in [-0.4, -0.2) is 23.1 Å². The van der Waals surface area contributed by atoms with Crippen molar-refractivity contribution in [3.8, 4) is 5.75 Å². The Labute approximate surface area is 126 Å². The van der Waals surface area contributed by atoms with Gasteiger partial charge < -0.3 is 15.4 Å². The lowest BCUT2D eigenvalue weighted by molar-refractivity contribution is 0.340. The highest BCUT2D eigenvalue weighted by atomic mass is 79.9. The Hall–Kier alpha value is -1.82. The van der Waals surface area contributed by atoms with Crippen LogP contribution in [0.3, 0.4) is 0 Å². The summed E-state index contributed by atoms with van der Waals surface area (Å²) in [6.45, 7) is 5.45. The third-order valence-electron chi connectivity index (χ3n) is 2.56. The zero-order valence-corrected chi connectivity index (χ0v) is 13.1. The molecule has 20 heavy (non-hydrogen) atoms. The highest BCUT2D eigenvalue weighted by molar-refractivity contribution is 9.10. The summed E-state index contributed by atoms with van der Waals surface area (Å²) in [5, 5.41) is 6.42. The van der Waals surface area contributed by atoms with Gasteiger partial charge in [0.15, 0.2) is 0 Å². The highest BCUT2D eigenvalue weighted by Crippen LogP contribution is 2.29. The fraction of sp³-hybridized carbons (Fsp3) is 0.286. The average molecular weight is 337 g/mol. The molecule has 0 radical (unpaired) electrons. The van der Waals surface area contributed by atoms with Crippen LogP contribution in [-0.2, 0) is 0 Å². The predicted octanol–water partition coefficient (Wildman–Crippen LogP) is 3.81. The van der Waals surface area contributed by atoms with Crippen LogP contribution in [0.5, 0.6) is 5.75 Å². The summed E-state index contributed by atoms with van der Waals surface area (Å²) in [4.78, 5) is 8.41. The van der Waals surface area contributed by atoms with Crippen molar-refractivity contribution in [2.75, 3.05) is 23.8 Å². The summed E-state index contributed by atoms with van der Waals surface area (Å²) in [6, 6.07) is 7.75. The molecule has 0 amide bonds. The molecule has 0 atom stereocenters. The molecule has 1 heterocycles. The van der Waals surface area contributed by atoms with Gasteiger partial charge in [-0.15, -0.1) is 0 Å². The van der Waals surface area contributed by atoms with Gasteiger partial charge in [-0.25, -0.2) is 9.97 Å². The topological polar surface area (TPSA) is 59.1 Å². The Morgan fingerprint density at radius 3 is 2.45 bits per heavy atom. The quantitative estimate of drug-likeness (QED) is 0.839. The molecule has 0 aliphatic rings. The van der Waals surface area contributed by atoms with Crippen LogP contribution in [0.1, 0.15) is 13.8 Å². The fourth-order valence-electron chi connectivity index (χ4n) is 1.69. The predicted molar refractivity (Wildman–Crippen MR) is 84.8 cm³/mol. The normalized spacial score (nSPS) is 10.2. The van der Waals surface area contributed by atoms with E-state index in [0.717, 1.165) is 34.1 Å². The number of nitrogens with zero attached hydrogens (tertiary/aromatic N) is 2. The maximum Gasteiger partial charge on any atom is 0.150 e. The van der Waals surface area contributed by atoms with Crippen LogP contribution in [0, 0.1) is 0 Å². The monoisotopic (exact) mass is 336 g/mol. The summed E-state index contributed by atoms with van der Waals surface area (Å²) in [5.74, 6) is 2.35. The number of ether oxygens (including phenoxy) is 1. The minimum Gasteiger partial charge on any atom is -0.494 e. The molecule has 0 aliphatic heterocycles. The maximum atomic E-state index is 5.41. The smallest absolute Gasteiger partial charge is 0.150 e. The molecular formula is C14H17BrN4O. The second-order valence-corrected chi connectivity index (χ2v) is 4.79. The van der Waals surface area contributed by atoms with Gasteiger partial charge in [-0.3, -0.25) is 0 Å². The molecule has 0 saturated heterocycles. The zero-order valence-electron chi connectivity index (χ0n) is 11.5. The molecule has 106 valence electrons. The van der Waals surface area contributed by atoms with Crippen LogP contribution < -0.4 is 15.4 Å². The third kappa shape index (κ3) is 3.60. The summed E-state index contributed by atoms with van der Waals surface area (Å²) in [7, 11) is 0. The summed E-state index contributed by atoms with van der Waals surface area (Å²) < 4.78 is 6.23. The molecule has 2 N–H and O–H groups in total. The van der Waals surface area contributed by atoms with Gasteiger partial charge in [0, 0.05) is 12.2 Å². The number of nitrogens with one attached hydrogen (secondary N) is 2. The molecule has 0 saturated carbocycles. The van der Waals surface area contributed by atoms with E-state index in [4.69, 9.17) is 4.74 Å².